The van der Waals surface area contributed by atoms with Crippen LogP contribution in [0.25, 0.3) is 0 Å². The minimum atomic E-state index is -0.512. The third-order valence-electron chi connectivity index (χ3n) is 3.16. The first-order valence-electron chi connectivity index (χ1n) is 6.81. The van der Waals surface area contributed by atoms with E-state index in [1.54, 1.807) is 24.3 Å². The quantitative estimate of drug-likeness (QED) is 0.495. The topological polar surface area (TPSA) is 39.4 Å². The number of rotatable bonds is 4. The third kappa shape index (κ3) is 3.65. The molecule has 0 aliphatic heterocycles. The van der Waals surface area contributed by atoms with Crippen LogP contribution in [0.4, 0.5) is 0 Å². The Kier molecular flexibility index (Phi) is 4.39. The first-order valence-corrected chi connectivity index (χ1v) is 7.60. The first-order chi connectivity index (χ1) is 10.7. The maximum absolute atomic E-state index is 11.9. The third-order valence-corrected chi connectivity index (χ3v) is 3.59. The van der Waals surface area contributed by atoms with E-state index in [2.05, 4.69) is 28.1 Å². The number of hydrogen-bond acceptors (Lipinski definition) is 3. The van der Waals surface area contributed by atoms with Gasteiger partial charge in [-0.05, 0) is 57.7 Å². The largest absolute Gasteiger partial charge is 0.442 e. The molecule has 1 aromatic heterocycles. The average molecular weight is 357 g/mol. The summed E-state index contributed by atoms with van der Waals surface area (Å²) in [4.78, 5) is 11.9. The van der Waals surface area contributed by atoms with Gasteiger partial charge in [-0.2, -0.15) is 0 Å². The Bertz CT molecular complexity index is 761. The Morgan fingerprint density at radius 1 is 0.909 bits per heavy atom. The lowest BCUT2D eigenvalue weighted by Crippen LogP contribution is -2.07. The summed E-state index contributed by atoms with van der Waals surface area (Å²) in [6, 6.07) is 20.9. The van der Waals surface area contributed by atoms with Crippen molar-refractivity contribution in [1.29, 1.82) is 0 Å². The molecular formula is C18H13BrO3. The summed E-state index contributed by atoms with van der Waals surface area (Å²) in [7, 11) is 0. The van der Waals surface area contributed by atoms with Gasteiger partial charge in [0.2, 0.25) is 5.76 Å². The number of ether oxygens (including phenoxy) is 1. The van der Waals surface area contributed by atoms with Gasteiger partial charge in [-0.1, -0.05) is 42.5 Å². The number of benzene rings is 2. The molecule has 0 aliphatic rings. The van der Waals surface area contributed by atoms with Crippen molar-refractivity contribution in [3.8, 4) is 5.75 Å². The van der Waals surface area contributed by atoms with Gasteiger partial charge in [0.1, 0.15) is 5.75 Å². The Labute approximate surface area is 136 Å². The molecule has 0 spiro atoms. The highest BCUT2D eigenvalue weighted by atomic mass is 79.9. The summed E-state index contributed by atoms with van der Waals surface area (Å²) in [5.41, 5.74) is 2.40. The first kappa shape index (κ1) is 14.6. The monoisotopic (exact) mass is 356 g/mol. The number of carbonyl (C=O) groups is 1. The van der Waals surface area contributed by atoms with Gasteiger partial charge in [-0.15, -0.1) is 0 Å². The second-order valence-electron chi connectivity index (χ2n) is 4.80. The van der Waals surface area contributed by atoms with Crippen LogP contribution in [0.15, 0.2) is 75.8 Å². The van der Waals surface area contributed by atoms with E-state index in [1.807, 2.05) is 30.3 Å². The fourth-order valence-electron chi connectivity index (χ4n) is 2.09. The molecule has 110 valence electrons. The molecule has 0 bridgehead atoms. The highest BCUT2D eigenvalue weighted by Crippen LogP contribution is 2.19. The van der Waals surface area contributed by atoms with Crippen LogP contribution in [0.5, 0.6) is 5.75 Å². The Morgan fingerprint density at radius 2 is 1.59 bits per heavy atom. The van der Waals surface area contributed by atoms with Gasteiger partial charge < -0.3 is 9.15 Å². The number of furan rings is 1. The molecule has 0 fully saturated rings. The van der Waals surface area contributed by atoms with Crippen LogP contribution >= 0.6 is 15.9 Å². The van der Waals surface area contributed by atoms with Crippen LogP contribution in [0.3, 0.4) is 0 Å². The highest BCUT2D eigenvalue weighted by Gasteiger charge is 2.13. The molecule has 0 aliphatic carbocycles. The van der Waals surface area contributed by atoms with Crippen molar-refractivity contribution in [1.82, 2.24) is 0 Å². The lowest BCUT2D eigenvalue weighted by molar-refractivity contribution is 0.0700. The molecule has 0 amide bonds. The van der Waals surface area contributed by atoms with Crippen molar-refractivity contribution in [2.24, 2.45) is 0 Å². The van der Waals surface area contributed by atoms with Crippen LogP contribution in [0, 0.1) is 0 Å². The molecule has 0 saturated heterocycles. The standard InChI is InChI=1S/C18H13BrO3/c19-17-11-10-16(22-17)18(20)21-15-8-6-14(7-9-15)12-13-4-2-1-3-5-13/h1-11H,12H2. The minimum Gasteiger partial charge on any atom is -0.442 e. The lowest BCUT2D eigenvalue weighted by Gasteiger charge is -2.05. The molecule has 3 nitrogen and oxygen atoms in total. The Hall–Kier alpha value is -2.33. The van der Waals surface area contributed by atoms with Crippen LogP contribution < -0.4 is 4.74 Å². The van der Waals surface area contributed by atoms with E-state index in [4.69, 9.17) is 9.15 Å². The molecule has 0 saturated carbocycles. The van der Waals surface area contributed by atoms with Crippen LogP contribution in [0.1, 0.15) is 21.7 Å². The number of hydrogen-bond donors (Lipinski definition) is 0. The number of esters is 1. The summed E-state index contributed by atoms with van der Waals surface area (Å²) in [5.74, 6) is 0.149. The van der Waals surface area contributed by atoms with Crippen molar-refractivity contribution >= 4 is 21.9 Å². The molecule has 4 heteroatoms. The molecule has 3 rings (SSSR count). The zero-order chi connectivity index (χ0) is 15.4. The maximum Gasteiger partial charge on any atom is 0.379 e. The normalized spacial score (nSPS) is 10.4. The highest BCUT2D eigenvalue weighted by molar-refractivity contribution is 9.10. The van der Waals surface area contributed by atoms with E-state index in [-0.39, 0.29) is 5.76 Å². The van der Waals surface area contributed by atoms with Gasteiger partial charge in [0.05, 0.1) is 0 Å². The van der Waals surface area contributed by atoms with Gasteiger partial charge >= 0.3 is 5.97 Å². The van der Waals surface area contributed by atoms with E-state index in [0.717, 1.165) is 12.0 Å². The van der Waals surface area contributed by atoms with Crippen molar-refractivity contribution in [3.63, 3.8) is 0 Å². The maximum atomic E-state index is 11.9. The minimum absolute atomic E-state index is 0.167. The Balaban J connectivity index is 1.65. The molecule has 3 aromatic rings. The van der Waals surface area contributed by atoms with Gasteiger partial charge in [0, 0.05) is 0 Å². The molecule has 0 radical (unpaired) electrons. The molecule has 22 heavy (non-hydrogen) atoms. The van der Waals surface area contributed by atoms with E-state index in [1.165, 1.54) is 5.56 Å². The fraction of sp³-hybridized carbons (Fsp3) is 0.0556. The van der Waals surface area contributed by atoms with Crippen LogP contribution in [0.2, 0.25) is 0 Å². The van der Waals surface area contributed by atoms with E-state index >= 15 is 0 Å². The van der Waals surface area contributed by atoms with Gasteiger partial charge in [-0.25, -0.2) is 4.79 Å². The predicted octanol–water partition coefficient (Wildman–Crippen LogP) is 4.85. The van der Waals surface area contributed by atoms with Gasteiger partial charge in [-0.3, -0.25) is 0 Å². The van der Waals surface area contributed by atoms with Gasteiger partial charge in [0.15, 0.2) is 4.67 Å². The fourth-order valence-corrected chi connectivity index (χ4v) is 2.39. The second kappa shape index (κ2) is 6.62. The van der Waals surface area contributed by atoms with Crippen molar-refractivity contribution in [2.75, 3.05) is 0 Å². The van der Waals surface area contributed by atoms with Crippen molar-refractivity contribution in [2.45, 2.75) is 6.42 Å². The van der Waals surface area contributed by atoms with Crippen molar-refractivity contribution < 1.29 is 13.9 Å². The zero-order valence-electron chi connectivity index (χ0n) is 11.7. The second-order valence-corrected chi connectivity index (χ2v) is 5.58. The van der Waals surface area contributed by atoms with E-state index in [0.29, 0.717) is 10.4 Å². The van der Waals surface area contributed by atoms with Crippen LogP contribution in [-0.2, 0) is 6.42 Å². The molecule has 0 N–H and O–H groups in total. The van der Waals surface area contributed by atoms with Crippen LogP contribution in [-0.4, -0.2) is 5.97 Å². The summed E-state index contributed by atoms with van der Waals surface area (Å²) in [5, 5.41) is 0. The number of carbonyl (C=O) groups excluding carboxylic acids is 1. The molecule has 0 atom stereocenters. The molecule has 1 heterocycles. The summed E-state index contributed by atoms with van der Waals surface area (Å²) < 4.78 is 10.9. The molecule has 2 aromatic carbocycles. The number of halogens is 1. The van der Waals surface area contributed by atoms with E-state index in [9.17, 15) is 4.79 Å². The molecule has 0 unspecified atom stereocenters. The Morgan fingerprint density at radius 3 is 2.23 bits per heavy atom. The van der Waals surface area contributed by atoms with E-state index < -0.39 is 5.97 Å². The average Bonchev–Trinajstić information content (AvgIpc) is 2.97. The predicted molar refractivity (Wildman–Crippen MR) is 87.1 cm³/mol. The summed E-state index contributed by atoms with van der Waals surface area (Å²) in [6.07, 6.45) is 0.847. The molecular weight excluding hydrogens is 344 g/mol. The zero-order valence-corrected chi connectivity index (χ0v) is 13.2. The summed E-state index contributed by atoms with van der Waals surface area (Å²) in [6.45, 7) is 0. The van der Waals surface area contributed by atoms with Crippen molar-refractivity contribution in [3.05, 3.63) is 88.3 Å². The SMILES string of the molecule is O=C(Oc1ccc(Cc2ccccc2)cc1)c1ccc(Br)o1. The van der Waals surface area contributed by atoms with Gasteiger partial charge in [0.25, 0.3) is 0 Å². The smallest absolute Gasteiger partial charge is 0.379 e. The lowest BCUT2D eigenvalue weighted by atomic mass is 10.1. The summed E-state index contributed by atoms with van der Waals surface area (Å²) >= 11 is 3.15.